The summed E-state index contributed by atoms with van der Waals surface area (Å²) in [5.74, 6) is -6.65. The van der Waals surface area contributed by atoms with Gasteiger partial charge in [0.1, 0.15) is 5.60 Å². The molecule has 1 spiro atoms. The first-order chi connectivity index (χ1) is 17.9. The van der Waals surface area contributed by atoms with Crippen molar-refractivity contribution in [2.45, 2.75) is 35.0 Å². The standard InChI is InChI=1S/C24H20ClF3N2O7S/c1-36-22(32)30-10-24(37-23(30)33)9-12-2-4-14(24)20(12)38(34,35)18-6-11(3-5-15(18)25)21(31)29-13-7-16(26)19(28)17(27)8-13/h3,5-8,12,14,20H,2,4,9-10H2,1H3,(H,29,31)/t12?,14?,20-,24-/m1/s1. The zero-order valence-corrected chi connectivity index (χ0v) is 21.2. The molecule has 1 heterocycles. The number of methoxy groups -OCH3 is 1. The molecule has 2 aliphatic carbocycles. The minimum absolute atomic E-state index is 0.146. The van der Waals surface area contributed by atoms with E-state index in [0.717, 1.165) is 18.1 Å². The fraction of sp³-hybridized carbons (Fsp3) is 0.375. The van der Waals surface area contributed by atoms with Gasteiger partial charge >= 0.3 is 12.2 Å². The van der Waals surface area contributed by atoms with E-state index in [1.807, 2.05) is 0 Å². The molecule has 3 fully saturated rings. The molecule has 9 nitrogen and oxygen atoms in total. The van der Waals surface area contributed by atoms with E-state index in [0.29, 0.717) is 25.0 Å². The predicted octanol–water partition coefficient (Wildman–Crippen LogP) is 4.54. The quantitative estimate of drug-likeness (QED) is 0.534. The molecule has 2 aromatic rings. The Bertz CT molecular complexity index is 1460. The molecule has 0 aromatic heterocycles. The van der Waals surface area contributed by atoms with Crippen molar-refractivity contribution in [3.05, 3.63) is 58.4 Å². The fourth-order valence-electron chi connectivity index (χ4n) is 5.88. The van der Waals surface area contributed by atoms with Gasteiger partial charge in [0.2, 0.25) is 0 Å². The number of carbonyl (C=O) groups is 3. The summed E-state index contributed by atoms with van der Waals surface area (Å²) in [4.78, 5) is 37.5. The van der Waals surface area contributed by atoms with Gasteiger partial charge in [-0.2, -0.15) is 0 Å². The van der Waals surface area contributed by atoms with E-state index >= 15 is 0 Å². The molecule has 38 heavy (non-hydrogen) atoms. The first-order valence-electron chi connectivity index (χ1n) is 11.5. The van der Waals surface area contributed by atoms with Crippen LogP contribution in [-0.4, -0.2) is 55.9 Å². The molecular formula is C24H20ClF3N2O7S. The summed E-state index contributed by atoms with van der Waals surface area (Å²) in [5.41, 5.74) is -1.74. The van der Waals surface area contributed by atoms with E-state index in [1.54, 1.807) is 0 Å². The molecule has 3 aliphatic rings. The van der Waals surface area contributed by atoms with Crippen LogP contribution in [0.3, 0.4) is 0 Å². The molecule has 4 atom stereocenters. The second-order valence-electron chi connectivity index (χ2n) is 9.50. The lowest BCUT2D eigenvalue weighted by molar-refractivity contribution is 0.0112. The van der Waals surface area contributed by atoms with E-state index in [4.69, 9.17) is 16.3 Å². The van der Waals surface area contributed by atoms with Crippen LogP contribution in [0.15, 0.2) is 35.2 Å². The van der Waals surface area contributed by atoms with Crippen LogP contribution < -0.4 is 5.32 Å². The van der Waals surface area contributed by atoms with Gasteiger partial charge in [0.15, 0.2) is 27.3 Å². The average Bonchev–Trinajstić information content (AvgIpc) is 3.52. The summed E-state index contributed by atoms with van der Waals surface area (Å²) in [7, 11) is -3.07. The number of sulfone groups is 1. The molecule has 2 aromatic carbocycles. The highest BCUT2D eigenvalue weighted by molar-refractivity contribution is 7.92. The van der Waals surface area contributed by atoms with Crippen molar-refractivity contribution in [3.63, 3.8) is 0 Å². The van der Waals surface area contributed by atoms with Crippen LogP contribution in [0, 0.1) is 29.3 Å². The highest BCUT2D eigenvalue weighted by Gasteiger charge is 2.67. The van der Waals surface area contributed by atoms with Gasteiger partial charge in [0.25, 0.3) is 5.91 Å². The summed E-state index contributed by atoms with van der Waals surface area (Å²) in [6.07, 6.45) is -0.620. The Kier molecular flexibility index (Phi) is 6.33. The number of imide groups is 1. The summed E-state index contributed by atoms with van der Waals surface area (Å²) >= 11 is 6.25. The topological polar surface area (TPSA) is 119 Å². The van der Waals surface area contributed by atoms with E-state index in [9.17, 15) is 36.0 Å². The van der Waals surface area contributed by atoms with Crippen molar-refractivity contribution in [2.75, 3.05) is 19.0 Å². The zero-order chi connectivity index (χ0) is 27.6. The third kappa shape index (κ3) is 4.08. The molecule has 1 N–H and O–H groups in total. The number of fused-ring (bicyclic) bond motifs is 3. The van der Waals surface area contributed by atoms with Crippen molar-refractivity contribution in [2.24, 2.45) is 11.8 Å². The lowest BCUT2D eigenvalue weighted by Crippen LogP contribution is -2.43. The molecular weight excluding hydrogens is 553 g/mol. The number of nitrogens with one attached hydrogen (secondary N) is 1. The van der Waals surface area contributed by atoms with Crippen molar-refractivity contribution < 1.29 is 45.4 Å². The Labute approximate surface area is 219 Å². The maximum absolute atomic E-state index is 13.9. The van der Waals surface area contributed by atoms with Crippen LogP contribution in [0.5, 0.6) is 0 Å². The third-order valence-corrected chi connectivity index (χ3v) is 10.2. The summed E-state index contributed by atoms with van der Waals surface area (Å²) < 4.78 is 78.2. The summed E-state index contributed by atoms with van der Waals surface area (Å²) in [6, 6.07) is 4.65. The number of amides is 3. The maximum atomic E-state index is 13.9. The predicted molar refractivity (Wildman–Crippen MR) is 126 cm³/mol. The highest BCUT2D eigenvalue weighted by Crippen LogP contribution is 2.58. The Morgan fingerprint density at radius 3 is 2.50 bits per heavy atom. The first kappa shape index (κ1) is 26.3. The largest absolute Gasteiger partial charge is 0.452 e. The number of benzene rings is 2. The van der Waals surface area contributed by atoms with Gasteiger partial charge in [-0.1, -0.05) is 11.6 Å². The summed E-state index contributed by atoms with van der Waals surface area (Å²) in [6.45, 7) is -0.146. The van der Waals surface area contributed by atoms with Gasteiger partial charge in [-0.05, 0) is 43.4 Å². The second-order valence-corrected chi connectivity index (χ2v) is 12.0. The molecule has 2 saturated carbocycles. The number of anilines is 1. The van der Waals surface area contributed by atoms with Crippen LogP contribution in [0.2, 0.25) is 5.02 Å². The molecule has 202 valence electrons. The third-order valence-electron chi connectivity index (χ3n) is 7.42. The molecule has 3 amide bonds. The van der Waals surface area contributed by atoms with Crippen molar-refractivity contribution in [1.82, 2.24) is 4.90 Å². The van der Waals surface area contributed by atoms with Gasteiger partial charge in [0, 0.05) is 29.3 Å². The molecule has 0 radical (unpaired) electrons. The van der Waals surface area contributed by atoms with E-state index in [-0.39, 0.29) is 34.1 Å². The number of rotatable bonds is 4. The lowest BCUT2D eigenvalue weighted by Gasteiger charge is -2.31. The molecule has 1 saturated heterocycles. The SMILES string of the molecule is COC(=O)N1C[C@@]2(CC3CCC2[C@@H]3S(=O)(=O)c2cc(C(=O)Nc3cc(F)c(F)c(F)c3)ccc2Cl)OC1=O. The van der Waals surface area contributed by atoms with E-state index in [2.05, 4.69) is 10.1 Å². The molecule has 1 aliphatic heterocycles. The Balaban J connectivity index is 1.43. The van der Waals surface area contributed by atoms with Gasteiger partial charge in [-0.3, -0.25) is 4.79 Å². The molecule has 14 heteroatoms. The first-order valence-corrected chi connectivity index (χ1v) is 13.4. The Hall–Kier alpha value is -3.32. The van der Waals surface area contributed by atoms with Crippen molar-refractivity contribution in [3.8, 4) is 0 Å². The maximum Gasteiger partial charge on any atom is 0.420 e. The van der Waals surface area contributed by atoms with Gasteiger partial charge in [-0.15, -0.1) is 0 Å². The van der Waals surface area contributed by atoms with Crippen molar-refractivity contribution >= 4 is 45.2 Å². The van der Waals surface area contributed by atoms with Crippen molar-refractivity contribution in [1.29, 1.82) is 0 Å². The lowest BCUT2D eigenvalue weighted by atomic mass is 9.84. The number of nitrogens with zero attached hydrogens (tertiary/aromatic N) is 1. The van der Waals surface area contributed by atoms with Gasteiger partial charge < -0.3 is 14.8 Å². The highest BCUT2D eigenvalue weighted by atomic mass is 35.5. The van der Waals surface area contributed by atoms with Crippen LogP contribution in [0.1, 0.15) is 29.6 Å². The van der Waals surface area contributed by atoms with Gasteiger partial charge in [-0.25, -0.2) is 36.1 Å². The van der Waals surface area contributed by atoms with Gasteiger partial charge in [0.05, 0.1) is 28.8 Å². The fourth-order valence-corrected chi connectivity index (χ4v) is 8.80. The number of halogens is 4. The monoisotopic (exact) mass is 572 g/mol. The van der Waals surface area contributed by atoms with E-state index in [1.165, 1.54) is 12.1 Å². The second kappa shape index (κ2) is 9.16. The number of hydrogen-bond acceptors (Lipinski definition) is 7. The smallest absolute Gasteiger partial charge is 0.420 e. The van der Waals surface area contributed by atoms with Crippen LogP contribution >= 0.6 is 11.6 Å². The average molecular weight is 573 g/mol. The minimum atomic E-state index is -4.18. The zero-order valence-electron chi connectivity index (χ0n) is 19.7. The molecule has 2 unspecified atom stereocenters. The van der Waals surface area contributed by atoms with E-state index < -0.39 is 68.1 Å². The summed E-state index contributed by atoms with van der Waals surface area (Å²) in [5, 5.41) is 1.05. The normalized spacial score (nSPS) is 26.1. The number of carbonyl (C=O) groups excluding carboxylic acids is 3. The Morgan fingerprint density at radius 2 is 1.84 bits per heavy atom. The van der Waals surface area contributed by atoms with Crippen LogP contribution in [0.25, 0.3) is 0 Å². The van der Waals surface area contributed by atoms with Crippen LogP contribution in [0.4, 0.5) is 28.4 Å². The Morgan fingerprint density at radius 1 is 1.16 bits per heavy atom. The van der Waals surface area contributed by atoms with Crippen LogP contribution in [-0.2, 0) is 19.3 Å². The number of ether oxygens (including phenoxy) is 2. The molecule has 2 bridgehead atoms. The number of hydrogen-bond donors (Lipinski definition) is 1. The minimum Gasteiger partial charge on any atom is -0.452 e. The molecule has 5 rings (SSSR count).